The molecule has 98 valence electrons. The third-order valence-electron chi connectivity index (χ3n) is 2.43. The number of carbonyl (C=O) groups excluding carboxylic acids is 1. The van der Waals surface area contributed by atoms with E-state index in [2.05, 4.69) is 15.5 Å². The highest BCUT2D eigenvalue weighted by Gasteiger charge is 2.15. The predicted molar refractivity (Wildman–Crippen MR) is 66.5 cm³/mol. The Bertz CT molecular complexity index is 621. The number of carbonyl (C=O) groups is 2. The molecule has 1 heterocycles. The number of hydrogen-bond acceptors (Lipinski definition) is 4. The summed E-state index contributed by atoms with van der Waals surface area (Å²) in [4.78, 5) is 22.8. The van der Waals surface area contributed by atoms with Crippen molar-refractivity contribution in [1.82, 2.24) is 10.2 Å². The zero-order valence-electron chi connectivity index (χ0n) is 10.0. The Hall–Kier alpha value is -2.83. The number of aromatic carboxylic acids is 1. The molecule has 0 aliphatic rings. The largest absolute Gasteiger partial charge is 0.497 e. The number of ether oxygens (including phenoxy) is 1. The average Bonchev–Trinajstić information content (AvgIpc) is 2.87. The van der Waals surface area contributed by atoms with E-state index in [4.69, 9.17) is 9.84 Å². The Labute approximate surface area is 108 Å². The molecule has 0 aliphatic heterocycles. The quantitative estimate of drug-likeness (QED) is 0.771. The van der Waals surface area contributed by atoms with Gasteiger partial charge in [0.2, 0.25) is 0 Å². The molecule has 3 N–H and O–H groups in total. The van der Waals surface area contributed by atoms with Crippen LogP contribution in [0, 0.1) is 0 Å². The summed E-state index contributed by atoms with van der Waals surface area (Å²) in [6, 6.07) is 6.52. The van der Waals surface area contributed by atoms with E-state index in [0.717, 1.165) is 0 Å². The van der Waals surface area contributed by atoms with Gasteiger partial charge in [-0.25, -0.2) is 4.79 Å². The molecule has 0 fully saturated rings. The predicted octanol–water partition coefficient (Wildman–Crippen LogP) is 1.37. The number of rotatable bonds is 4. The molecule has 2 aromatic rings. The highest BCUT2D eigenvalue weighted by atomic mass is 16.5. The molecule has 7 heteroatoms. The molecule has 2 rings (SSSR count). The summed E-state index contributed by atoms with van der Waals surface area (Å²) >= 11 is 0. The number of hydrogen-bond donors (Lipinski definition) is 3. The standard InChI is InChI=1S/C12H11N3O4/c1-19-8-4-2-3-7(5-8)11(16)14-9-6-13-15-10(9)12(17)18/h2-6H,1H3,(H,13,15)(H,14,16)(H,17,18). The fourth-order valence-corrected chi connectivity index (χ4v) is 1.50. The van der Waals surface area contributed by atoms with E-state index in [1.807, 2.05) is 0 Å². The Morgan fingerprint density at radius 1 is 1.42 bits per heavy atom. The van der Waals surface area contributed by atoms with Crippen LogP contribution < -0.4 is 10.1 Å². The summed E-state index contributed by atoms with van der Waals surface area (Å²) in [5.74, 6) is -1.10. The van der Waals surface area contributed by atoms with Crippen molar-refractivity contribution in [2.75, 3.05) is 12.4 Å². The Kier molecular flexibility index (Phi) is 3.46. The van der Waals surface area contributed by atoms with Gasteiger partial charge in [0.1, 0.15) is 5.75 Å². The molecule has 1 amide bonds. The third kappa shape index (κ3) is 2.71. The van der Waals surface area contributed by atoms with Gasteiger partial charge in [-0.3, -0.25) is 9.89 Å². The highest BCUT2D eigenvalue weighted by molar-refractivity contribution is 6.07. The van der Waals surface area contributed by atoms with Gasteiger partial charge in [-0.15, -0.1) is 0 Å². The average molecular weight is 261 g/mol. The number of nitrogens with one attached hydrogen (secondary N) is 2. The number of carboxylic acid groups (broad SMARTS) is 1. The van der Waals surface area contributed by atoms with Gasteiger partial charge in [0.15, 0.2) is 5.69 Å². The number of anilines is 1. The summed E-state index contributed by atoms with van der Waals surface area (Å²) in [5.41, 5.74) is 0.299. The van der Waals surface area contributed by atoms with Crippen LogP contribution in [0.1, 0.15) is 20.8 Å². The number of nitrogens with zero attached hydrogens (tertiary/aromatic N) is 1. The lowest BCUT2D eigenvalue weighted by Gasteiger charge is -2.05. The van der Waals surface area contributed by atoms with Gasteiger partial charge in [0.05, 0.1) is 19.0 Å². The lowest BCUT2D eigenvalue weighted by atomic mass is 10.2. The smallest absolute Gasteiger partial charge is 0.356 e. The van der Waals surface area contributed by atoms with Gasteiger partial charge in [-0.2, -0.15) is 5.10 Å². The Morgan fingerprint density at radius 2 is 2.21 bits per heavy atom. The summed E-state index contributed by atoms with van der Waals surface area (Å²) in [7, 11) is 1.50. The number of methoxy groups -OCH3 is 1. The molecule has 0 saturated heterocycles. The minimum absolute atomic E-state index is 0.111. The molecule has 0 bridgehead atoms. The first-order chi connectivity index (χ1) is 9.11. The van der Waals surface area contributed by atoms with Crippen LogP contribution in [0.5, 0.6) is 5.75 Å². The number of aromatic amines is 1. The number of benzene rings is 1. The lowest BCUT2D eigenvalue weighted by Crippen LogP contribution is -2.14. The molecule has 0 spiro atoms. The van der Waals surface area contributed by atoms with E-state index in [9.17, 15) is 9.59 Å². The number of aromatic nitrogens is 2. The topological polar surface area (TPSA) is 104 Å². The summed E-state index contributed by atoms with van der Waals surface area (Å²) in [6.45, 7) is 0. The van der Waals surface area contributed by atoms with Gasteiger partial charge in [0, 0.05) is 5.56 Å². The van der Waals surface area contributed by atoms with Crippen molar-refractivity contribution in [3.05, 3.63) is 41.7 Å². The maximum Gasteiger partial charge on any atom is 0.356 e. The molecule has 19 heavy (non-hydrogen) atoms. The van der Waals surface area contributed by atoms with Gasteiger partial charge >= 0.3 is 5.97 Å². The first kappa shape index (κ1) is 12.6. The van der Waals surface area contributed by atoms with Crippen LogP contribution in [0.4, 0.5) is 5.69 Å². The second kappa shape index (κ2) is 5.21. The zero-order valence-corrected chi connectivity index (χ0v) is 10.0. The van der Waals surface area contributed by atoms with E-state index in [1.165, 1.54) is 13.3 Å². The second-order valence-electron chi connectivity index (χ2n) is 3.65. The second-order valence-corrected chi connectivity index (χ2v) is 3.65. The van der Waals surface area contributed by atoms with Crippen molar-refractivity contribution >= 4 is 17.6 Å². The van der Waals surface area contributed by atoms with E-state index in [-0.39, 0.29) is 11.4 Å². The van der Waals surface area contributed by atoms with Crippen LogP contribution in [0.15, 0.2) is 30.5 Å². The monoisotopic (exact) mass is 261 g/mol. The molecule has 0 radical (unpaired) electrons. The highest BCUT2D eigenvalue weighted by Crippen LogP contribution is 2.16. The lowest BCUT2D eigenvalue weighted by molar-refractivity contribution is 0.0691. The molecule has 0 aliphatic carbocycles. The first-order valence-electron chi connectivity index (χ1n) is 5.34. The summed E-state index contributed by atoms with van der Waals surface area (Å²) in [5, 5.41) is 17.2. The summed E-state index contributed by atoms with van der Waals surface area (Å²) < 4.78 is 5.01. The fourth-order valence-electron chi connectivity index (χ4n) is 1.50. The van der Waals surface area contributed by atoms with Crippen molar-refractivity contribution in [2.45, 2.75) is 0 Å². The normalized spacial score (nSPS) is 9.95. The van der Waals surface area contributed by atoms with Gasteiger partial charge < -0.3 is 15.2 Å². The maximum atomic E-state index is 12.0. The van der Waals surface area contributed by atoms with Crippen molar-refractivity contribution in [3.63, 3.8) is 0 Å². The zero-order chi connectivity index (χ0) is 13.8. The molecule has 7 nitrogen and oxygen atoms in total. The third-order valence-corrected chi connectivity index (χ3v) is 2.43. The Morgan fingerprint density at radius 3 is 2.89 bits per heavy atom. The van der Waals surface area contributed by atoms with Gasteiger partial charge in [-0.1, -0.05) is 6.07 Å². The van der Waals surface area contributed by atoms with Crippen molar-refractivity contribution in [3.8, 4) is 5.75 Å². The van der Waals surface area contributed by atoms with Crippen LogP contribution in [-0.2, 0) is 0 Å². The molecular weight excluding hydrogens is 250 g/mol. The minimum atomic E-state index is -1.20. The molecule has 1 aromatic carbocycles. The maximum absolute atomic E-state index is 12.0. The van der Waals surface area contributed by atoms with Crippen LogP contribution >= 0.6 is 0 Å². The molecular formula is C12H11N3O4. The SMILES string of the molecule is COc1cccc(C(=O)Nc2cn[nH]c2C(=O)O)c1. The molecule has 0 unspecified atom stereocenters. The molecule has 0 atom stereocenters. The number of amides is 1. The van der Waals surface area contributed by atoms with Crippen LogP contribution in [0.3, 0.4) is 0 Å². The van der Waals surface area contributed by atoms with Gasteiger partial charge in [-0.05, 0) is 18.2 Å². The van der Waals surface area contributed by atoms with E-state index in [1.54, 1.807) is 24.3 Å². The minimum Gasteiger partial charge on any atom is -0.497 e. The summed E-state index contributed by atoms with van der Waals surface area (Å²) in [6.07, 6.45) is 1.24. The number of H-pyrrole nitrogens is 1. The van der Waals surface area contributed by atoms with Crippen molar-refractivity contribution < 1.29 is 19.4 Å². The van der Waals surface area contributed by atoms with Gasteiger partial charge in [0.25, 0.3) is 5.91 Å². The van der Waals surface area contributed by atoms with E-state index < -0.39 is 11.9 Å². The van der Waals surface area contributed by atoms with Crippen LogP contribution in [0.25, 0.3) is 0 Å². The molecule has 1 aromatic heterocycles. The van der Waals surface area contributed by atoms with E-state index in [0.29, 0.717) is 11.3 Å². The van der Waals surface area contributed by atoms with Crippen molar-refractivity contribution in [1.29, 1.82) is 0 Å². The van der Waals surface area contributed by atoms with Crippen molar-refractivity contribution in [2.24, 2.45) is 0 Å². The first-order valence-corrected chi connectivity index (χ1v) is 5.34. The van der Waals surface area contributed by atoms with E-state index >= 15 is 0 Å². The molecule has 0 saturated carbocycles. The van der Waals surface area contributed by atoms with Crippen LogP contribution in [0.2, 0.25) is 0 Å². The fraction of sp³-hybridized carbons (Fsp3) is 0.0833. The van der Waals surface area contributed by atoms with Crippen LogP contribution in [-0.4, -0.2) is 34.3 Å². The number of carboxylic acids is 1. The Balaban J connectivity index is 2.20.